The molecule has 1 atom stereocenters. The van der Waals surface area contributed by atoms with E-state index in [9.17, 15) is 14.0 Å². The maximum Gasteiger partial charge on any atom is 0.317 e. The lowest BCUT2D eigenvalue weighted by Gasteiger charge is -2.13. The number of ether oxygens (including phenoxy) is 1. The van der Waals surface area contributed by atoms with Crippen LogP contribution in [0, 0.1) is 5.82 Å². The van der Waals surface area contributed by atoms with Crippen LogP contribution in [-0.2, 0) is 20.9 Å². The van der Waals surface area contributed by atoms with Gasteiger partial charge in [0.2, 0.25) is 0 Å². The highest BCUT2D eigenvalue weighted by Crippen LogP contribution is 2.24. The van der Waals surface area contributed by atoms with Crippen molar-refractivity contribution in [1.29, 1.82) is 0 Å². The summed E-state index contributed by atoms with van der Waals surface area (Å²) in [5.74, 6) is -0.367. The smallest absolute Gasteiger partial charge is 0.317 e. The molecule has 1 amide bonds. The van der Waals surface area contributed by atoms with Crippen molar-refractivity contribution in [3.05, 3.63) is 48.5 Å². The molecule has 29 heavy (non-hydrogen) atoms. The van der Waals surface area contributed by atoms with E-state index in [4.69, 9.17) is 9.15 Å². The maximum absolute atomic E-state index is 12.9. The van der Waals surface area contributed by atoms with Gasteiger partial charge < -0.3 is 14.5 Å². The molecule has 152 valence electrons. The summed E-state index contributed by atoms with van der Waals surface area (Å²) in [6.45, 7) is 3.99. The van der Waals surface area contributed by atoms with Gasteiger partial charge in [0.05, 0.1) is 12.0 Å². The molecule has 0 saturated heterocycles. The first kappa shape index (κ1) is 20.6. The standard InChI is InChI=1S/C19H19FN4O4S/c1-3-24-17(15-5-4-10-27-15)22-23-19(24)29-11-16(25)28-12(2)18(26)21-14-8-6-13(20)7-9-14/h4-10,12H,3,11H2,1-2H3,(H,21,26)/t12-/m0/s1. The van der Waals surface area contributed by atoms with Crippen LogP contribution in [0.15, 0.2) is 52.2 Å². The summed E-state index contributed by atoms with van der Waals surface area (Å²) in [6, 6.07) is 8.83. The second kappa shape index (κ2) is 9.37. The summed E-state index contributed by atoms with van der Waals surface area (Å²) < 4.78 is 25.2. The number of thioether (sulfide) groups is 1. The number of halogens is 1. The molecular weight excluding hydrogens is 399 g/mol. The van der Waals surface area contributed by atoms with Crippen LogP contribution in [0.1, 0.15) is 13.8 Å². The van der Waals surface area contributed by atoms with Gasteiger partial charge in [0.25, 0.3) is 5.91 Å². The normalized spacial score (nSPS) is 11.8. The number of carbonyl (C=O) groups is 2. The van der Waals surface area contributed by atoms with Crippen LogP contribution in [0.4, 0.5) is 10.1 Å². The molecule has 0 aliphatic heterocycles. The Bertz CT molecular complexity index is 973. The van der Waals surface area contributed by atoms with Crippen LogP contribution in [0.3, 0.4) is 0 Å². The van der Waals surface area contributed by atoms with Crippen LogP contribution < -0.4 is 5.32 Å². The molecule has 2 heterocycles. The first-order chi connectivity index (χ1) is 14.0. The fourth-order valence-electron chi connectivity index (χ4n) is 2.45. The van der Waals surface area contributed by atoms with E-state index in [1.165, 1.54) is 31.2 Å². The highest BCUT2D eigenvalue weighted by Gasteiger charge is 2.20. The monoisotopic (exact) mass is 418 g/mol. The Hall–Kier alpha value is -3.14. The van der Waals surface area contributed by atoms with Crippen LogP contribution in [0.2, 0.25) is 0 Å². The number of aromatic nitrogens is 3. The van der Waals surface area contributed by atoms with Crippen molar-refractivity contribution >= 4 is 29.3 Å². The average Bonchev–Trinajstić information content (AvgIpc) is 3.37. The lowest BCUT2D eigenvalue weighted by atomic mass is 10.3. The second-order valence-electron chi connectivity index (χ2n) is 5.94. The molecule has 8 nitrogen and oxygen atoms in total. The molecule has 0 spiro atoms. The summed E-state index contributed by atoms with van der Waals surface area (Å²) in [5.41, 5.74) is 0.412. The van der Waals surface area contributed by atoms with Gasteiger partial charge in [-0.15, -0.1) is 10.2 Å². The van der Waals surface area contributed by atoms with Gasteiger partial charge in [0.1, 0.15) is 5.82 Å². The zero-order chi connectivity index (χ0) is 20.8. The number of rotatable bonds is 8. The number of hydrogen-bond donors (Lipinski definition) is 1. The molecule has 3 aromatic rings. The van der Waals surface area contributed by atoms with Crippen LogP contribution in [-0.4, -0.2) is 38.5 Å². The predicted molar refractivity (Wildman–Crippen MR) is 105 cm³/mol. The Morgan fingerprint density at radius 3 is 2.69 bits per heavy atom. The largest absolute Gasteiger partial charge is 0.461 e. The summed E-state index contributed by atoms with van der Waals surface area (Å²) in [7, 11) is 0. The summed E-state index contributed by atoms with van der Waals surface area (Å²) in [4.78, 5) is 24.2. The fraction of sp³-hybridized carbons (Fsp3) is 0.263. The van der Waals surface area contributed by atoms with E-state index >= 15 is 0 Å². The Morgan fingerprint density at radius 1 is 1.28 bits per heavy atom. The number of benzene rings is 1. The highest BCUT2D eigenvalue weighted by molar-refractivity contribution is 7.99. The minimum absolute atomic E-state index is 0.0372. The number of carbonyl (C=O) groups excluding carboxylic acids is 2. The van der Waals surface area contributed by atoms with E-state index in [1.54, 1.807) is 18.4 Å². The molecule has 0 unspecified atom stereocenters. The number of anilines is 1. The number of amides is 1. The number of nitrogens with zero attached hydrogens (tertiary/aromatic N) is 3. The van der Waals surface area contributed by atoms with Gasteiger partial charge in [0.15, 0.2) is 22.8 Å². The summed E-state index contributed by atoms with van der Waals surface area (Å²) >= 11 is 1.16. The van der Waals surface area contributed by atoms with Gasteiger partial charge >= 0.3 is 5.97 Å². The van der Waals surface area contributed by atoms with Gasteiger partial charge in [-0.3, -0.25) is 14.2 Å². The second-order valence-corrected chi connectivity index (χ2v) is 6.89. The van der Waals surface area contributed by atoms with Crippen molar-refractivity contribution in [3.8, 4) is 11.6 Å². The maximum atomic E-state index is 12.9. The van der Waals surface area contributed by atoms with Crippen LogP contribution >= 0.6 is 11.8 Å². The van der Waals surface area contributed by atoms with Crippen molar-refractivity contribution in [2.24, 2.45) is 0 Å². The first-order valence-corrected chi connectivity index (χ1v) is 9.82. The van der Waals surface area contributed by atoms with E-state index in [-0.39, 0.29) is 5.75 Å². The van der Waals surface area contributed by atoms with Crippen molar-refractivity contribution in [1.82, 2.24) is 14.8 Å². The Labute approximate surface area is 170 Å². The molecule has 2 aromatic heterocycles. The Balaban J connectivity index is 1.53. The molecule has 0 aliphatic carbocycles. The van der Waals surface area contributed by atoms with E-state index in [0.29, 0.717) is 29.0 Å². The van der Waals surface area contributed by atoms with Crippen molar-refractivity contribution in [2.45, 2.75) is 31.7 Å². The van der Waals surface area contributed by atoms with Crippen molar-refractivity contribution in [2.75, 3.05) is 11.1 Å². The summed E-state index contributed by atoms with van der Waals surface area (Å²) in [5, 5.41) is 11.3. The number of hydrogen-bond acceptors (Lipinski definition) is 7. The molecule has 1 N–H and O–H groups in total. The van der Waals surface area contributed by atoms with Gasteiger partial charge in [-0.2, -0.15) is 0 Å². The number of furan rings is 1. The molecule has 0 fully saturated rings. The first-order valence-electron chi connectivity index (χ1n) is 8.83. The van der Waals surface area contributed by atoms with Gasteiger partial charge in [0, 0.05) is 12.2 Å². The molecule has 0 aliphatic rings. The lowest BCUT2D eigenvalue weighted by molar-refractivity contribution is -0.150. The van der Waals surface area contributed by atoms with Crippen LogP contribution in [0.25, 0.3) is 11.6 Å². The fourth-order valence-corrected chi connectivity index (χ4v) is 3.24. The molecular formula is C19H19FN4O4S. The number of esters is 1. The third kappa shape index (κ3) is 5.23. The molecule has 1 aromatic carbocycles. The Morgan fingerprint density at radius 2 is 2.03 bits per heavy atom. The van der Waals surface area contributed by atoms with Crippen LogP contribution in [0.5, 0.6) is 0 Å². The highest BCUT2D eigenvalue weighted by atomic mass is 32.2. The van der Waals surface area contributed by atoms with Gasteiger partial charge in [-0.25, -0.2) is 4.39 Å². The topological polar surface area (TPSA) is 99.2 Å². The SMILES string of the molecule is CCn1c(SCC(=O)O[C@@H](C)C(=O)Nc2ccc(F)cc2)nnc1-c1ccco1. The quantitative estimate of drug-likeness (QED) is 0.442. The van der Waals surface area contributed by atoms with E-state index in [0.717, 1.165) is 11.8 Å². The zero-order valence-electron chi connectivity index (χ0n) is 15.8. The van der Waals surface area contributed by atoms with Gasteiger partial charge in [-0.1, -0.05) is 11.8 Å². The molecule has 3 rings (SSSR count). The van der Waals surface area contributed by atoms with E-state index in [1.807, 2.05) is 11.5 Å². The third-order valence-electron chi connectivity index (χ3n) is 3.88. The van der Waals surface area contributed by atoms with E-state index < -0.39 is 23.8 Å². The average molecular weight is 418 g/mol. The minimum atomic E-state index is -1.00. The third-order valence-corrected chi connectivity index (χ3v) is 4.82. The minimum Gasteiger partial charge on any atom is -0.461 e. The number of nitrogens with one attached hydrogen (secondary N) is 1. The van der Waals surface area contributed by atoms with Crippen molar-refractivity contribution < 1.29 is 23.1 Å². The predicted octanol–water partition coefficient (Wildman–Crippen LogP) is 3.36. The molecule has 0 bridgehead atoms. The van der Waals surface area contributed by atoms with Crippen molar-refractivity contribution in [3.63, 3.8) is 0 Å². The lowest BCUT2D eigenvalue weighted by Crippen LogP contribution is -2.30. The van der Waals surface area contributed by atoms with E-state index in [2.05, 4.69) is 15.5 Å². The molecule has 10 heteroatoms. The molecule has 0 radical (unpaired) electrons. The molecule has 0 saturated carbocycles. The zero-order valence-corrected chi connectivity index (χ0v) is 16.6. The van der Waals surface area contributed by atoms with Gasteiger partial charge in [-0.05, 0) is 50.2 Å². The Kier molecular flexibility index (Phi) is 6.65. The summed E-state index contributed by atoms with van der Waals surface area (Å²) in [6.07, 6.45) is 0.544.